The van der Waals surface area contributed by atoms with Crippen molar-refractivity contribution < 1.29 is 14.6 Å². The lowest BCUT2D eigenvalue weighted by Crippen LogP contribution is -2.50. The largest absolute Gasteiger partial charge is 0.460 e. The van der Waals surface area contributed by atoms with Crippen LogP contribution < -0.4 is 5.56 Å². The summed E-state index contributed by atoms with van der Waals surface area (Å²) in [4.78, 5) is 25.7. The molecule has 3 N–H and O–H groups in total. The van der Waals surface area contributed by atoms with E-state index in [1.54, 1.807) is 6.92 Å². The van der Waals surface area contributed by atoms with E-state index < -0.39 is 23.4 Å². The zero-order chi connectivity index (χ0) is 20.6. The molecule has 29 heavy (non-hydrogen) atoms. The van der Waals surface area contributed by atoms with E-state index in [2.05, 4.69) is 10.2 Å². The number of esters is 1. The number of carbonyl (C=O) groups excluding carboxylic acids is 1. The third-order valence-electron chi connectivity index (χ3n) is 5.66. The normalized spacial score (nSPS) is 23.4. The average Bonchev–Trinajstić information content (AvgIpc) is 3.05. The van der Waals surface area contributed by atoms with Crippen molar-refractivity contribution in [3.63, 3.8) is 0 Å². The van der Waals surface area contributed by atoms with Crippen molar-refractivity contribution in [2.75, 3.05) is 0 Å². The number of hydrogen-bond donors (Lipinski definition) is 3. The second kappa shape index (κ2) is 7.37. The second-order valence-corrected chi connectivity index (χ2v) is 7.96. The lowest BCUT2D eigenvalue weighted by atomic mass is 9.66. The first-order valence-corrected chi connectivity index (χ1v) is 9.66. The van der Waals surface area contributed by atoms with Crippen molar-refractivity contribution in [3.05, 3.63) is 92.9 Å². The van der Waals surface area contributed by atoms with Gasteiger partial charge in [0.05, 0.1) is 11.5 Å². The Hall–Kier alpha value is -3.12. The average molecular weight is 392 g/mol. The molecule has 1 aromatic heterocycles. The molecule has 0 unspecified atom stereocenters. The Balaban J connectivity index is 1.74. The summed E-state index contributed by atoms with van der Waals surface area (Å²) >= 11 is 0. The lowest BCUT2D eigenvalue weighted by molar-refractivity contribution is -0.161. The van der Waals surface area contributed by atoms with Gasteiger partial charge in [-0.3, -0.25) is 14.7 Å². The molecular weight excluding hydrogens is 368 g/mol. The Morgan fingerprint density at radius 3 is 2.52 bits per heavy atom. The summed E-state index contributed by atoms with van der Waals surface area (Å²) in [6.07, 6.45) is 0.161. The molecule has 0 radical (unpaired) electrons. The maximum Gasteiger partial charge on any atom is 0.313 e. The number of ether oxygens (including phenoxy) is 1. The number of aliphatic hydroxyl groups is 1. The van der Waals surface area contributed by atoms with Gasteiger partial charge in [-0.05, 0) is 25.0 Å². The molecule has 2 aromatic carbocycles. The first kappa shape index (κ1) is 19.2. The smallest absolute Gasteiger partial charge is 0.313 e. The Bertz CT molecular complexity index is 1060. The molecule has 0 aliphatic heterocycles. The summed E-state index contributed by atoms with van der Waals surface area (Å²) in [6, 6.07) is 17.1. The first-order valence-electron chi connectivity index (χ1n) is 9.66. The minimum atomic E-state index is -1.37. The summed E-state index contributed by atoms with van der Waals surface area (Å²) in [7, 11) is 0. The van der Waals surface area contributed by atoms with E-state index in [9.17, 15) is 14.7 Å². The van der Waals surface area contributed by atoms with E-state index in [1.807, 2.05) is 61.5 Å². The quantitative estimate of drug-likeness (QED) is 0.595. The topological polar surface area (TPSA) is 95.2 Å². The molecule has 3 atom stereocenters. The van der Waals surface area contributed by atoms with Crippen LogP contribution in [0.25, 0.3) is 0 Å². The van der Waals surface area contributed by atoms with Gasteiger partial charge < -0.3 is 14.9 Å². The minimum absolute atomic E-state index is 0.114. The number of aromatic nitrogens is 2. The van der Waals surface area contributed by atoms with Crippen molar-refractivity contribution in [2.45, 2.75) is 38.4 Å². The van der Waals surface area contributed by atoms with E-state index in [0.717, 1.165) is 16.7 Å². The molecule has 0 fully saturated rings. The van der Waals surface area contributed by atoms with Gasteiger partial charge in [-0.25, -0.2) is 0 Å². The number of H-pyrrole nitrogens is 2. The molecule has 0 saturated heterocycles. The van der Waals surface area contributed by atoms with Crippen LogP contribution in [0.1, 0.15) is 40.8 Å². The van der Waals surface area contributed by atoms with Crippen LogP contribution in [0.5, 0.6) is 0 Å². The third-order valence-corrected chi connectivity index (χ3v) is 5.66. The number of aromatic amines is 2. The zero-order valence-electron chi connectivity index (χ0n) is 16.4. The fourth-order valence-electron chi connectivity index (χ4n) is 4.21. The highest BCUT2D eigenvalue weighted by atomic mass is 16.5. The molecule has 1 aliphatic carbocycles. The van der Waals surface area contributed by atoms with Crippen LogP contribution in [-0.2, 0) is 22.6 Å². The summed E-state index contributed by atoms with van der Waals surface area (Å²) in [5.41, 5.74) is 2.19. The van der Waals surface area contributed by atoms with E-state index in [4.69, 9.17) is 4.74 Å². The van der Waals surface area contributed by atoms with Gasteiger partial charge in [-0.2, -0.15) is 0 Å². The van der Waals surface area contributed by atoms with Gasteiger partial charge in [0.2, 0.25) is 0 Å². The van der Waals surface area contributed by atoms with Gasteiger partial charge in [-0.15, -0.1) is 0 Å². The number of benzene rings is 2. The van der Waals surface area contributed by atoms with Crippen LogP contribution in [0, 0.1) is 12.8 Å². The van der Waals surface area contributed by atoms with Crippen LogP contribution in [-0.4, -0.2) is 26.9 Å². The van der Waals surface area contributed by atoms with Crippen molar-refractivity contribution in [3.8, 4) is 0 Å². The highest BCUT2D eigenvalue weighted by Gasteiger charge is 2.51. The summed E-state index contributed by atoms with van der Waals surface area (Å²) in [5, 5.41) is 16.7. The molecule has 0 amide bonds. The van der Waals surface area contributed by atoms with Gasteiger partial charge in [-0.1, -0.05) is 60.2 Å². The predicted octanol–water partition coefficient (Wildman–Crippen LogP) is 2.81. The Kier molecular flexibility index (Phi) is 4.88. The monoisotopic (exact) mass is 392 g/mol. The summed E-state index contributed by atoms with van der Waals surface area (Å²) < 4.78 is 5.59. The molecule has 6 nitrogen and oxygen atoms in total. The van der Waals surface area contributed by atoms with E-state index >= 15 is 0 Å². The number of hydrogen-bond acceptors (Lipinski definition) is 4. The highest BCUT2D eigenvalue weighted by molar-refractivity contribution is 5.77. The predicted molar refractivity (Wildman–Crippen MR) is 108 cm³/mol. The fraction of sp³-hybridized carbons (Fsp3) is 0.304. The molecule has 1 heterocycles. The van der Waals surface area contributed by atoms with Gasteiger partial charge in [0.1, 0.15) is 6.61 Å². The minimum Gasteiger partial charge on any atom is -0.460 e. The van der Waals surface area contributed by atoms with Gasteiger partial charge in [0.25, 0.3) is 5.56 Å². The van der Waals surface area contributed by atoms with Gasteiger partial charge >= 0.3 is 5.97 Å². The molecular formula is C23H24N2O4. The second-order valence-electron chi connectivity index (χ2n) is 7.96. The summed E-state index contributed by atoms with van der Waals surface area (Å²) in [6.45, 7) is 3.71. The number of rotatable bonds is 4. The van der Waals surface area contributed by atoms with Crippen LogP contribution in [0.2, 0.25) is 0 Å². The zero-order valence-corrected chi connectivity index (χ0v) is 16.4. The summed E-state index contributed by atoms with van der Waals surface area (Å²) in [5.74, 6) is -2.03. The SMILES string of the molecule is Cc1ccc([C@@H]2c3c([nH][nH]c3=O)C[C@](C)(O)[C@H]2C(=O)OCc2ccccc2)cc1. The van der Waals surface area contributed by atoms with Gasteiger partial charge in [0, 0.05) is 23.6 Å². The van der Waals surface area contributed by atoms with Crippen LogP contribution in [0.3, 0.4) is 0 Å². The van der Waals surface area contributed by atoms with E-state index in [-0.39, 0.29) is 18.6 Å². The number of aryl methyl sites for hydroxylation is 1. The van der Waals surface area contributed by atoms with Gasteiger partial charge in [0.15, 0.2) is 0 Å². The maximum absolute atomic E-state index is 13.2. The number of nitrogens with one attached hydrogen (secondary N) is 2. The van der Waals surface area contributed by atoms with Crippen LogP contribution in [0.15, 0.2) is 59.4 Å². The van der Waals surface area contributed by atoms with Crippen LogP contribution in [0.4, 0.5) is 0 Å². The first-order chi connectivity index (χ1) is 13.9. The van der Waals surface area contributed by atoms with Crippen molar-refractivity contribution >= 4 is 5.97 Å². The number of carbonyl (C=O) groups is 1. The maximum atomic E-state index is 13.2. The highest BCUT2D eigenvalue weighted by Crippen LogP contribution is 2.44. The van der Waals surface area contributed by atoms with Crippen LogP contribution >= 0.6 is 0 Å². The molecule has 150 valence electrons. The lowest BCUT2D eigenvalue weighted by Gasteiger charge is -2.40. The standard InChI is InChI=1S/C23H24N2O4/c1-14-8-10-16(11-9-14)18-19-17(24-25-21(19)26)12-23(2,28)20(18)22(27)29-13-15-6-4-3-5-7-15/h3-11,18,20,28H,12-13H2,1-2H3,(H2,24,25,26)/t18-,20-,23+/m1/s1. The fourth-order valence-corrected chi connectivity index (χ4v) is 4.21. The molecule has 6 heteroatoms. The molecule has 4 rings (SSSR count). The van der Waals surface area contributed by atoms with Crippen molar-refractivity contribution in [2.24, 2.45) is 5.92 Å². The Morgan fingerprint density at radius 2 is 1.83 bits per heavy atom. The van der Waals surface area contributed by atoms with Crippen molar-refractivity contribution in [1.29, 1.82) is 0 Å². The number of fused-ring (bicyclic) bond motifs is 1. The van der Waals surface area contributed by atoms with E-state index in [0.29, 0.717) is 11.3 Å². The Labute approximate surface area is 168 Å². The molecule has 1 aliphatic rings. The Morgan fingerprint density at radius 1 is 1.14 bits per heavy atom. The molecule has 3 aromatic rings. The molecule has 0 spiro atoms. The molecule has 0 saturated carbocycles. The van der Waals surface area contributed by atoms with Crippen molar-refractivity contribution in [1.82, 2.24) is 10.2 Å². The van der Waals surface area contributed by atoms with E-state index in [1.165, 1.54) is 0 Å². The third kappa shape index (κ3) is 3.63. The molecule has 0 bridgehead atoms.